The summed E-state index contributed by atoms with van der Waals surface area (Å²) in [6, 6.07) is 0. The van der Waals surface area contributed by atoms with Crippen LogP contribution in [0.25, 0.3) is 0 Å². The molecule has 1 N–H and O–H groups in total. The topological polar surface area (TPSA) is 46.9 Å². The van der Waals surface area contributed by atoms with Crippen LogP contribution in [0.1, 0.15) is 0 Å². The monoisotopic (exact) mass is 243 g/mol. The zero-order valence-corrected chi connectivity index (χ0v) is 8.62. The van der Waals surface area contributed by atoms with Crippen LogP contribution >= 0.6 is 15.9 Å². The first-order valence-corrected chi connectivity index (χ1v) is 4.57. The average molecular weight is 244 g/mol. The number of halogens is 1. The van der Waals surface area contributed by atoms with Crippen LogP contribution in [0.3, 0.4) is 0 Å². The molecule has 0 aliphatic rings. The smallest absolute Gasteiger partial charge is 0.241 e. The molecule has 0 saturated carbocycles. The van der Waals surface area contributed by atoms with Crippen molar-refractivity contribution < 1.29 is 4.79 Å². The minimum atomic E-state index is -0.0736. The molecule has 1 amide bonds. The maximum absolute atomic E-state index is 11.1. The van der Waals surface area contributed by atoms with Gasteiger partial charge < -0.3 is 5.32 Å². The van der Waals surface area contributed by atoms with Gasteiger partial charge in [-0.25, -0.2) is 0 Å². The van der Waals surface area contributed by atoms with E-state index in [2.05, 4.69) is 32.9 Å². The Morgan fingerprint density at radius 2 is 2.62 bits per heavy atom. The van der Waals surface area contributed by atoms with Crippen LogP contribution in [0.2, 0.25) is 0 Å². The molecule has 5 heteroatoms. The Labute approximate surface area is 84.8 Å². The van der Waals surface area contributed by atoms with Crippen LogP contribution in [0.4, 0.5) is 0 Å². The number of carbonyl (C=O) groups is 1. The van der Waals surface area contributed by atoms with Gasteiger partial charge in [0.1, 0.15) is 6.54 Å². The van der Waals surface area contributed by atoms with Gasteiger partial charge in [0.05, 0.1) is 10.7 Å². The maximum Gasteiger partial charge on any atom is 0.241 e. The lowest BCUT2D eigenvalue weighted by Crippen LogP contribution is -2.27. The molecule has 4 nitrogen and oxygen atoms in total. The van der Waals surface area contributed by atoms with Crippen molar-refractivity contribution in [1.82, 2.24) is 15.1 Å². The van der Waals surface area contributed by atoms with E-state index < -0.39 is 0 Å². The van der Waals surface area contributed by atoms with E-state index in [0.29, 0.717) is 6.54 Å². The fourth-order valence-electron chi connectivity index (χ4n) is 0.814. The molecule has 1 heterocycles. The van der Waals surface area contributed by atoms with E-state index in [9.17, 15) is 4.79 Å². The van der Waals surface area contributed by atoms with Gasteiger partial charge in [0, 0.05) is 12.7 Å². The molecule has 0 spiro atoms. The van der Waals surface area contributed by atoms with E-state index >= 15 is 0 Å². The Hall–Kier alpha value is -1.10. The Morgan fingerprint density at radius 1 is 1.85 bits per heavy atom. The second kappa shape index (κ2) is 4.81. The van der Waals surface area contributed by atoms with Gasteiger partial charge in [0.2, 0.25) is 5.91 Å². The number of rotatable bonds is 4. The Bertz CT molecular complexity index is 308. The maximum atomic E-state index is 11.1. The zero-order valence-electron chi connectivity index (χ0n) is 7.03. The molecule has 0 radical (unpaired) electrons. The molecule has 0 saturated heterocycles. The largest absolute Gasteiger partial charge is 0.351 e. The molecular weight excluding hydrogens is 234 g/mol. The highest BCUT2D eigenvalue weighted by atomic mass is 79.9. The summed E-state index contributed by atoms with van der Waals surface area (Å²) in [5.74, 6) is -0.0736. The van der Waals surface area contributed by atoms with Crippen LogP contribution in [0, 0.1) is 0 Å². The molecule has 70 valence electrons. The van der Waals surface area contributed by atoms with E-state index in [1.165, 1.54) is 0 Å². The third kappa shape index (κ3) is 3.42. The van der Waals surface area contributed by atoms with Gasteiger partial charge in [-0.3, -0.25) is 9.48 Å². The van der Waals surface area contributed by atoms with Crippen molar-refractivity contribution in [3.05, 3.63) is 29.5 Å². The van der Waals surface area contributed by atoms with Crippen LogP contribution in [0.15, 0.2) is 29.5 Å². The van der Waals surface area contributed by atoms with Gasteiger partial charge in [-0.2, -0.15) is 5.10 Å². The Balaban J connectivity index is 2.40. The van der Waals surface area contributed by atoms with Crippen molar-refractivity contribution in [3.63, 3.8) is 0 Å². The first-order valence-electron chi connectivity index (χ1n) is 3.78. The number of hydrogen-bond donors (Lipinski definition) is 1. The van der Waals surface area contributed by atoms with E-state index in [1.54, 1.807) is 23.2 Å². The SMILES string of the molecule is C=CCNC(=O)Cn1cc(Br)cn1. The molecule has 0 atom stereocenters. The Kier molecular flexibility index (Phi) is 3.70. The summed E-state index contributed by atoms with van der Waals surface area (Å²) in [7, 11) is 0. The summed E-state index contributed by atoms with van der Waals surface area (Å²) < 4.78 is 2.42. The van der Waals surface area contributed by atoms with Crippen molar-refractivity contribution >= 4 is 21.8 Å². The van der Waals surface area contributed by atoms with Crippen LogP contribution in [0.5, 0.6) is 0 Å². The highest BCUT2D eigenvalue weighted by Crippen LogP contribution is 2.05. The number of nitrogens with zero attached hydrogens (tertiary/aromatic N) is 2. The second-order valence-electron chi connectivity index (χ2n) is 2.45. The quantitative estimate of drug-likeness (QED) is 0.801. The molecule has 1 aromatic heterocycles. The summed E-state index contributed by atoms with van der Waals surface area (Å²) in [6.07, 6.45) is 5.02. The molecule has 0 aromatic carbocycles. The summed E-state index contributed by atoms with van der Waals surface area (Å²) in [6.45, 7) is 4.22. The highest BCUT2D eigenvalue weighted by Gasteiger charge is 2.01. The lowest BCUT2D eigenvalue weighted by Gasteiger charge is -2.01. The van der Waals surface area contributed by atoms with Crippen molar-refractivity contribution in [2.45, 2.75) is 6.54 Å². The summed E-state index contributed by atoms with van der Waals surface area (Å²) in [4.78, 5) is 11.1. The average Bonchev–Trinajstić information content (AvgIpc) is 2.48. The molecule has 0 fully saturated rings. The fraction of sp³-hybridized carbons (Fsp3) is 0.250. The van der Waals surface area contributed by atoms with Crippen molar-refractivity contribution in [3.8, 4) is 0 Å². The summed E-state index contributed by atoms with van der Waals surface area (Å²) in [5, 5.41) is 6.60. The molecule has 1 aromatic rings. The second-order valence-corrected chi connectivity index (χ2v) is 3.36. The molecule has 0 bridgehead atoms. The van der Waals surface area contributed by atoms with E-state index in [-0.39, 0.29) is 12.5 Å². The first kappa shape index (κ1) is 9.98. The molecule has 0 aliphatic carbocycles. The van der Waals surface area contributed by atoms with Crippen LogP contribution in [-0.2, 0) is 11.3 Å². The van der Waals surface area contributed by atoms with E-state index in [0.717, 1.165) is 4.47 Å². The molecule has 0 aliphatic heterocycles. The predicted molar refractivity (Wildman–Crippen MR) is 53.1 cm³/mol. The zero-order chi connectivity index (χ0) is 9.68. The van der Waals surface area contributed by atoms with Gasteiger partial charge in [-0.05, 0) is 15.9 Å². The molecular formula is C8H10BrN3O. The molecule has 1 rings (SSSR count). The van der Waals surface area contributed by atoms with Crippen molar-refractivity contribution in [2.24, 2.45) is 0 Å². The third-order valence-electron chi connectivity index (χ3n) is 1.35. The number of amides is 1. The molecule has 13 heavy (non-hydrogen) atoms. The van der Waals surface area contributed by atoms with Gasteiger partial charge in [0.25, 0.3) is 0 Å². The number of hydrogen-bond acceptors (Lipinski definition) is 2. The number of aromatic nitrogens is 2. The third-order valence-corrected chi connectivity index (χ3v) is 1.76. The van der Waals surface area contributed by atoms with Crippen LogP contribution in [-0.4, -0.2) is 22.2 Å². The number of carbonyl (C=O) groups excluding carboxylic acids is 1. The van der Waals surface area contributed by atoms with Crippen molar-refractivity contribution in [2.75, 3.05) is 6.54 Å². The molecule has 0 unspecified atom stereocenters. The Morgan fingerprint density at radius 3 is 3.15 bits per heavy atom. The number of nitrogens with one attached hydrogen (secondary N) is 1. The van der Waals surface area contributed by atoms with Gasteiger partial charge >= 0.3 is 0 Å². The summed E-state index contributed by atoms with van der Waals surface area (Å²) in [5.41, 5.74) is 0. The van der Waals surface area contributed by atoms with Gasteiger partial charge in [-0.15, -0.1) is 6.58 Å². The standard InChI is InChI=1S/C8H10BrN3O/c1-2-3-10-8(13)6-12-5-7(9)4-11-12/h2,4-5H,1,3,6H2,(H,10,13). The minimum Gasteiger partial charge on any atom is -0.351 e. The summed E-state index contributed by atoms with van der Waals surface area (Å²) >= 11 is 3.24. The van der Waals surface area contributed by atoms with Crippen LogP contribution < -0.4 is 5.32 Å². The van der Waals surface area contributed by atoms with E-state index in [1.807, 2.05) is 0 Å². The van der Waals surface area contributed by atoms with Crippen molar-refractivity contribution in [1.29, 1.82) is 0 Å². The normalized spacial score (nSPS) is 9.62. The minimum absolute atomic E-state index is 0.0736. The lowest BCUT2D eigenvalue weighted by atomic mass is 10.5. The van der Waals surface area contributed by atoms with Gasteiger partial charge in [0.15, 0.2) is 0 Å². The van der Waals surface area contributed by atoms with E-state index in [4.69, 9.17) is 0 Å². The van der Waals surface area contributed by atoms with Gasteiger partial charge in [-0.1, -0.05) is 6.08 Å². The highest BCUT2D eigenvalue weighted by molar-refractivity contribution is 9.10. The first-order chi connectivity index (χ1) is 6.22. The predicted octanol–water partition coefficient (Wildman–Crippen LogP) is 0.948. The lowest BCUT2D eigenvalue weighted by molar-refractivity contribution is -0.121. The fourth-order valence-corrected chi connectivity index (χ4v) is 1.14.